The molecule has 0 spiro atoms. The third-order valence-corrected chi connectivity index (χ3v) is 6.77. The van der Waals surface area contributed by atoms with Crippen molar-refractivity contribution in [1.82, 2.24) is 5.43 Å². The van der Waals surface area contributed by atoms with Crippen LogP contribution in [0, 0.1) is 17.8 Å². The van der Waals surface area contributed by atoms with Gasteiger partial charge in [-0.3, -0.25) is 5.43 Å². The van der Waals surface area contributed by atoms with Crippen LogP contribution in [0.5, 0.6) is 0 Å². The van der Waals surface area contributed by atoms with E-state index < -0.39 is 5.60 Å². The van der Waals surface area contributed by atoms with Crippen molar-refractivity contribution < 1.29 is 5.11 Å². The van der Waals surface area contributed by atoms with E-state index in [1.54, 1.807) is 0 Å². The van der Waals surface area contributed by atoms with Crippen LogP contribution in [0.1, 0.15) is 56.4 Å². The van der Waals surface area contributed by atoms with Crippen molar-refractivity contribution in [2.75, 3.05) is 0 Å². The number of hydrazone groups is 1. The molecular weight excluding hydrogens is 330 g/mol. The molecule has 0 saturated heterocycles. The van der Waals surface area contributed by atoms with E-state index in [4.69, 9.17) is 18.0 Å². The van der Waals surface area contributed by atoms with Crippen molar-refractivity contribution in [3.05, 3.63) is 35.9 Å². The maximum absolute atomic E-state index is 11.8. The first-order valence-corrected chi connectivity index (χ1v) is 9.92. The molecular formula is C20H27N3OS. The summed E-state index contributed by atoms with van der Waals surface area (Å²) >= 11 is 4.96. The number of hydrogen-bond acceptors (Lipinski definition) is 3. The molecule has 3 aliphatic rings. The van der Waals surface area contributed by atoms with Crippen LogP contribution in [0.4, 0.5) is 0 Å². The molecule has 4 N–H and O–H groups in total. The fraction of sp³-hybridized carbons (Fsp3) is 0.600. The van der Waals surface area contributed by atoms with E-state index in [0.717, 1.165) is 44.2 Å². The van der Waals surface area contributed by atoms with E-state index in [2.05, 4.69) is 40.9 Å². The summed E-state index contributed by atoms with van der Waals surface area (Å²) in [6, 6.07) is 10.7. The fourth-order valence-corrected chi connectivity index (χ4v) is 5.84. The Morgan fingerprint density at radius 1 is 1.16 bits per heavy atom. The molecule has 25 heavy (non-hydrogen) atoms. The Hall–Kier alpha value is -1.46. The molecule has 0 heterocycles. The van der Waals surface area contributed by atoms with Gasteiger partial charge in [0.15, 0.2) is 5.11 Å². The monoisotopic (exact) mass is 357 g/mol. The van der Waals surface area contributed by atoms with Gasteiger partial charge in [-0.25, -0.2) is 0 Å². The van der Waals surface area contributed by atoms with Crippen molar-refractivity contribution in [3.8, 4) is 0 Å². The number of fused-ring (bicyclic) bond motifs is 4. The Balaban J connectivity index is 1.81. The minimum Gasteiger partial charge on any atom is -0.389 e. The van der Waals surface area contributed by atoms with Crippen LogP contribution in [-0.2, 0) is 0 Å². The highest BCUT2D eigenvalue weighted by Crippen LogP contribution is 2.58. The Morgan fingerprint density at radius 2 is 1.96 bits per heavy atom. The summed E-state index contributed by atoms with van der Waals surface area (Å²) in [7, 11) is 0. The van der Waals surface area contributed by atoms with Gasteiger partial charge in [-0.1, -0.05) is 49.6 Å². The largest absolute Gasteiger partial charge is 0.389 e. The normalized spacial score (nSPS) is 38.8. The van der Waals surface area contributed by atoms with Crippen LogP contribution in [0.15, 0.2) is 35.4 Å². The van der Waals surface area contributed by atoms with Crippen LogP contribution in [0.25, 0.3) is 0 Å². The number of rotatable bonds is 2. The Kier molecular flexibility index (Phi) is 4.54. The fourth-order valence-electron chi connectivity index (χ4n) is 5.80. The highest BCUT2D eigenvalue weighted by Gasteiger charge is 2.58. The standard InChI is InChI=1S/C20H27N3OS/c21-19(25)23-22-18-14-9-6-11-16(18)20(24)12-5-4-10-15(20)17(14)13-7-2-1-3-8-13/h1-3,7-8,14-17,24H,4-6,9-12H2,(H3,21,23,25). The summed E-state index contributed by atoms with van der Waals surface area (Å²) in [4.78, 5) is 0. The van der Waals surface area contributed by atoms with Crippen LogP contribution >= 0.6 is 12.2 Å². The highest BCUT2D eigenvalue weighted by molar-refractivity contribution is 7.80. The van der Waals surface area contributed by atoms with Gasteiger partial charge in [-0.05, 0) is 55.3 Å². The van der Waals surface area contributed by atoms with E-state index >= 15 is 0 Å². The van der Waals surface area contributed by atoms with Crippen molar-refractivity contribution in [2.24, 2.45) is 28.6 Å². The Bertz CT molecular complexity index is 677. The lowest BCUT2D eigenvalue weighted by atomic mass is 9.49. The first-order chi connectivity index (χ1) is 12.1. The predicted octanol–water partition coefficient (Wildman–Crippen LogP) is 3.31. The van der Waals surface area contributed by atoms with E-state index in [1.807, 2.05) is 0 Å². The molecule has 5 heteroatoms. The number of hydrogen-bond donors (Lipinski definition) is 3. The zero-order chi connectivity index (χ0) is 17.4. The van der Waals surface area contributed by atoms with Crippen LogP contribution in [0.3, 0.4) is 0 Å². The average molecular weight is 358 g/mol. The smallest absolute Gasteiger partial charge is 0.184 e. The number of nitrogens with two attached hydrogens (primary N) is 1. The molecule has 2 bridgehead atoms. The molecule has 0 radical (unpaired) electrons. The lowest BCUT2D eigenvalue weighted by Crippen LogP contribution is -2.61. The first kappa shape index (κ1) is 17.0. The Labute approximate surface area is 154 Å². The van der Waals surface area contributed by atoms with Crippen molar-refractivity contribution >= 4 is 23.0 Å². The third kappa shape index (κ3) is 2.87. The van der Waals surface area contributed by atoms with Gasteiger partial charge in [0.05, 0.1) is 5.60 Å². The number of thiocarbonyl (C=S) groups is 1. The van der Waals surface area contributed by atoms with E-state index in [1.165, 1.54) is 12.0 Å². The lowest BCUT2D eigenvalue weighted by Gasteiger charge is -2.57. The van der Waals surface area contributed by atoms with Gasteiger partial charge in [-0.2, -0.15) is 5.10 Å². The number of nitrogens with one attached hydrogen (secondary N) is 1. The topological polar surface area (TPSA) is 70.6 Å². The van der Waals surface area contributed by atoms with Crippen molar-refractivity contribution in [1.29, 1.82) is 0 Å². The molecule has 0 aliphatic heterocycles. The first-order valence-electron chi connectivity index (χ1n) is 9.51. The summed E-state index contributed by atoms with van der Waals surface area (Å²) in [5.74, 6) is 1.16. The highest BCUT2D eigenvalue weighted by atomic mass is 32.1. The predicted molar refractivity (Wildman–Crippen MR) is 104 cm³/mol. The number of aliphatic hydroxyl groups is 1. The molecule has 0 amide bonds. The van der Waals surface area contributed by atoms with Gasteiger partial charge < -0.3 is 10.8 Å². The summed E-state index contributed by atoms with van der Waals surface area (Å²) in [5.41, 5.74) is 10.2. The second-order valence-electron chi connectivity index (χ2n) is 7.88. The maximum atomic E-state index is 11.8. The van der Waals surface area contributed by atoms with Crippen LogP contribution in [0.2, 0.25) is 0 Å². The van der Waals surface area contributed by atoms with E-state index in [0.29, 0.717) is 17.8 Å². The van der Waals surface area contributed by atoms with Gasteiger partial charge in [0.25, 0.3) is 0 Å². The third-order valence-electron chi connectivity index (χ3n) is 6.68. The summed E-state index contributed by atoms with van der Waals surface area (Å²) in [5, 5.41) is 16.6. The SMILES string of the molecule is NC(=S)NN=C1C2CCCC1C1(O)CCCCC1C2c1ccccc1. The molecule has 134 valence electrons. The average Bonchev–Trinajstić information content (AvgIpc) is 2.62. The minimum absolute atomic E-state index is 0.137. The molecule has 3 aliphatic carbocycles. The number of benzene rings is 1. The summed E-state index contributed by atoms with van der Waals surface area (Å²) in [6.45, 7) is 0. The zero-order valence-electron chi connectivity index (χ0n) is 14.5. The van der Waals surface area contributed by atoms with Crippen LogP contribution < -0.4 is 11.2 Å². The molecule has 4 rings (SSSR count). The molecule has 1 aromatic carbocycles. The molecule has 3 saturated carbocycles. The van der Waals surface area contributed by atoms with Crippen molar-refractivity contribution in [3.63, 3.8) is 0 Å². The molecule has 0 aromatic heterocycles. The molecule has 3 fully saturated rings. The molecule has 1 aromatic rings. The maximum Gasteiger partial charge on any atom is 0.184 e. The van der Waals surface area contributed by atoms with Crippen LogP contribution in [-0.4, -0.2) is 21.5 Å². The molecule has 5 atom stereocenters. The number of nitrogens with zero attached hydrogens (tertiary/aromatic N) is 1. The lowest BCUT2D eigenvalue weighted by molar-refractivity contribution is -0.111. The summed E-state index contributed by atoms with van der Waals surface area (Å²) < 4.78 is 0. The van der Waals surface area contributed by atoms with Gasteiger partial charge in [0.1, 0.15) is 0 Å². The van der Waals surface area contributed by atoms with Gasteiger partial charge in [0, 0.05) is 17.5 Å². The molecule has 5 unspecified atom stereocenters. The van der Waals surface area contributed by atoms with Crippen molar-refractivity contribution in [2.45, 2.75) is 56.5 Å². The van der Waals surface area contributed by atoms with Gasteiger partial charge >= 0.3 is 0 Å². The molecule has 4 nitrogen and oxygen atoms in total. The van der Waals surface area contributed by atoms with E-state index in [9.17, 15) is 5.11 Å². The summed E-state index contributed by atoms with van der Waals surface area (Å²) in [6.07, 6.45) is 7.60. The zero-order valence-corrected chi connectivity index (χ0v) is 15.3. The second kappa shape index (κ2) is 6.69. The Morgan fingerprint density at radius 3 is 2.72 bits per heavy atom. The van der Waals surface area contributed by atoms with Gasteiger partial charge in [0.2, 0.25) is 0 Å². The van der Waals surface area contributed by atoms with Gasteiger partial charge in [-0.15, -0.1) is 0 Å². The quantitative estimate of drug-likeness (QED) is 0.561. The second-order valence-corrected chi connectivity index (χ2v) is 8.32. The minimum atomic E-state index is -0.646. The van der Waals surface area contributed by atoms with E-state index in [-0.39, 0.29) is 11.0 Å².